The first-order valence-electron chi connectivity index (χ1n) is 11.3. The van der Waals surface area contributed by atoms with Gasteiger partial charge >= 0.3 is 0 Å². The van der Waals surface area contributed by atoms with Crippen molar-refractivity contribution in [2.75, 3.05) is 36.1 Å². The highest BCUT2D eigenvalue weighted by molar-refractivity contribution is 9.10. The molecule has 0 aliphatic carbocycles. The number of carbonyl (C=O) groups is 1. The fourth-order valence-corrected chi connectivity index (χ4v) is 5.59. The number of carbonyl (C=O) groups excluding carboxylic acids is 1. The third-order valence-electron chi connectivity index (χ3n) is 6.56. The van der Waals surface area contributed by atoms with Crippen LogP contribution in [0.25, 0.3) is 11.1 Å². The Balaban J connectivity index is 1.29. The van der Waals surface area contributed by atoms with Crippen molar-refractivity contribution in [3.8, 4) is 11.1 Å². The molecule has 1 saturated heterocycles. The van der Waals surface area contributed by atoms with Crippen molar-refractivity contribution >= 4 is 45.1 Å². The van der Waals surface area contributed by atoms with E-state index in [9.17, 15) is 4.79 Å². The van der Waals surface area contributed by atoms with E-state index >= 15 is 0 Å². The van der Waals surface area contributed by atoms with Gasteiger partial charge in [0.15, 0.2) is 0 Å². The van der Waals surface area contributed by atoms with Gasteiger partial charge in [0.05, 0.1) is 6.54 Å². The monoisotopic (exact) mass is 522 g/mol. The first kappa shape index (κ1) is 22.4. The number of nitrogens with one attached hydrogen (secondary N) is 1. The van der Waals surface area contributed by atoms with Crippen LogP contribution in [0.3, 0.4) is 0 Å². The minimum absolute atomic E-state index is 0.0779. The molecule has 2 aliphatic rings. The Morgan fingerprint density at radius 3 is 2.58 bits per heavy atom. The van der Waals surface area contributed by atoms with Gasteiger partial charge in [-0.2, -0.15) is 0 Å². The molecule has 1 fully saturated rings. The van der Waals surface area contributed by atoms with Crippen molar-refractivity contribution in [3.63, 3.8) is 0 Å². The number of hydrogen-bond donors (Lipinski definition) is 1. The van der Waals surface area contributed by atoms with Crippen molar-refractivity contribution in [1.29, 1.82) is 0 Å². The Bertz CT molecular complexity index is 1150. The number of hydrogen-bond acceptors (Lipinski definition) is 5. The van der Waals surface area contributed by atoms with E-state index in [1.54, 1.807) is 11.8 Å². The second-order valence-electron chi connectivity index (χ2n) is 8.58. The van der Waals surface area contributed by atoms with Gasteiger partial charge in [0.25, 0.3) is 0 Å². The molecule has 0 saturated carbocycles. The number of amides is 1. The van der Waals surface area contributed by atoms with Crippen LogP contribution in [0.2, 0.25) is 0 Å². The first-order chi connectivity index (χ1) is 16.1. The number of aromatic nitrogens is 1. The Hall–Kier alpha value is -2.35. The van der Waals surface area contributed by atoms with Crippen LogP contribution in [-0.4, -0.2) is 47.7 Å². The summed E-state index contributed by atoms with van der Waals surface area (Å²) in [6.45, 7) is 3.13. The molecule has 0 unspecified atom stereocenters. The fourth-order valence-electron chi connectivity index (χ4n) is 4.74. The average molecular weight is 524 g/mol. The van der Waals surface area contributed by atoms with E-state index < -0.39 is 0 Å². The van der Waals surface area contributed by atoms with Crippen LogP contribution in [0, 0.1) is 0 Å². The minimum atomic E-state index is 0.0779. The van der Waals surface area contributed by atoms with Crippen LogP contribution in [0.5, 0.6) is 0 Å². The van der Waals surface area contributed by atoms with Crippen molar-refractivity contribution in [3.05, 3.63) is 70.8 Å². The van der Waals surface area contributed by atoms with Crippen molar-refractivity contribution in [1.82, 2.24) is 9.88 Å². The van der Waals surface area contributed by atoms with Gasteiger partial charge in [-0.25, -0.2) is 4.98 Å². The SMILES string of the molecule is CSc1ccc(-c2cc(N3CCC(N4CC(=O)Nc5ccccc5C4)CC3)ncc2Br)cc1. The number of thioether (sulfide) groups is 1. The molecule has 1 N–H and O–H groups in total. The van der Waals surface area contributed by atoms with Crippen LogP contribution < -0.4 is 10.2 Å². The van der Waals surface area contributed by atoms with Gasteiger partial charge in [-0.05, 0) is 70.4 Å². The average Bonchev–Trinajstić information content (AvgIpc) is 3.02. The van der Waals surface area contributed by atoms with Crippen LogP contribution in [-0.2, 0) is 11.3 Å². The smallest absolute Gasteiger partial charge is 0.238 e. The zero-order valence-corrected chi connectivity index (χ0v) is 21.0. The van der Waals surface area contributed by atoms with Crippen LogP contribution in [0.1, 0.15) is 18.4 Å². The molecule has 0 radical (unpaired) electrons. The molecule has 1 amide bonds. The number of halogens is 1. The molecule has 0 bridgehead atoms. The second kappa shape index (κ2) is 9.87. The van der Waals surface area contributed by atoms with E-state index in [4.69, 9.17) is 4.98 Å². The van der Waals surface area contributed by atoms with E-state index in [1.807, 2.05) is 24.4 Å². The Labute approximate surface area is 207 Å². The van der Waals surface area contributed by atoms with Gasteiger partial charge < -0.3 is 10.2 Å². The van der Waals surface area contributed by atoms with Gasteiger partial charge in [0.2, 0.25) is 5.91 Å². The molecular weight excluding hydrogens is 496 g/mol. The van der Waals surface area contributed by atoms with E-state index in [-0.39, 0.29) is 5.91 Å². The standard InChI is InChI=1S/C26H27BrN4OS/c1-33-21-8-6-18(7-9-21)22-14-25(28-15-23(22)27)30-12-10-20(11-13-30)31-16-19-4-2-3-5-24(19)29-26(32)17-31/h2-9,14-15,20H,10-13,16-17H2,1H3,(H,29,32). The molecule has 170 valence electrons. The fraction of sp³-hybridized carbons (Fsp3) is 0.308. The molecule has 5 nitrogen and oxygen atoms in total. The maximum atomic E-state index is 12.5. The van der Waals surface area contributed by atoms with Crippen LogP contribution >= 0.6 is 27.7 Å². The van der Waals surface area contributed by atoms with Crippen molar-refractivity contribution < 1.29 is 4.79 Å². The summed E-state index contributed by atoms with van der Waals surface area (Å²) in [5, 5.41) is 3.05. The lowest BCUT2D eigenvalue weighted by atomic mass is 10.0. The Morgan fingerprint density at radius 2 is 1.82 bits per heavy atom. The third kappa shape index (κ3) is 4.95. The molecule has 7 heteroatoms. The van der Waals surface area contributed by atoms with E-state index in [1.165, 1.54) is 16.0 Å². The Morgan fingerprint density at radius 1 is 1.06 bits per heavy atom. The van der Waals surface area contributed by atoms with Gasteiger partial charge in [-0.15, -0.1) is 11.8 Å². The van der Waals surface area contributed by atoms with Gasteiger partial charge in [-0.3, -0.25) is 9.69 Å². The summed E-state index contributed by atoms with van der Waals surface area (Å²) >= 11 is 5.44. The quantitative estimate of drug-likeness (QED) is 0.448. The number of para-hydroxylation sites is 1. The topological polar surface area (TPSA) is 48.5 Å². The highest BCUT2D eigenvalue weighted by Crippen LogP contribution is 2.33. The molecule has 5 rings (SSSR count). The van der Waals surface area contributed by atoms with E-state index in [0.717, 1.165) is 54.0 Å². The molecule has 1 aromatic heterocycles. The lowest BCUT2D eigenvalue weighted by molar-refractivity contribution is -0.117. The summed E-state index contributed by atoms with van der Waals surface area (Å²) in [5.41, 5.74) is 4.49. The van der Waals surface area contributed by atoms with Crippen LogP contribution in [0.15, 0.2) is 70.2 Å². The molecule has 0 atom stereocenters. The number of anilines is 2. The number of pyridine rings is 1. The highest BCUT2D eigenvalue weighted by Gasteiger charge is 2.29. The summed E-state index contributed by atoms with van der Waals surface area (Å²) in [4.78, 5) is 23.1. The first-order valence-corrected chi connectivity index (χ1v) is 13.3. The second-order valence-corrected chi connectivity index (χ2v) is 10.3. The molecule has 0 spiro atoms. The lowest BCUT2D eigenvalue weighted by Crippen LogP contribution is -2.46. The summed E-state index contributed by atoms with van der Waals surface area (Å²) in [6, 6.07) is 19.4. The predicted octanol–water partition coefficient (Wildman–Crippen LogP) is 5.66. The minimum Gasteiger partial charge on any atom is -0.356 e. The number of nitrogens with zero attached hydrogens (tertiary/aromatic N) is 3. The zero-order valence-electron chi connectivity index (χ0n) is 18.6. The number of piperidine rings is 1. The van der Waals surface area contributed by atoms with Crippen LogP contribution in [0.4, 0.5) is 11.5 Å². The molecule has 33 heavy (non-hydrogen) atoms. The zero-order chi connectivity index (χ0) is 22.8. The molecule has 3 aromatic rings. The van der Waals surface area contributed by atoms with E-state index in [2.05, 4.69) is 73.7 Å². The Kier molecular flexibility index (Phi) is 6.71. The maximum absolute atomic E-state index is 12.5. The predicted molar refractivity (Wildman–Crippen MR) is 140 cm³/mol. The molecule has 3 heterocycles. The molecule has 2 aliphatic heterocycles. The summed E-state index contributed by atoms with van der Waals surface area (Å²) < 4.78 is 1.01. The van der Waals surface area contributed by atoms with Gasteiger partial charge in [0, 0.05) is 52.5 Å². The molecular formula is C26H27BrN4OS. The largest absolute Gasteiger partial charge is 0.356 e. The number of benzene rings is 2. The summed E-state index contributed by atoms with van der Waals surface area (Å²) in [5.74, 6) is 1.09. The van der Waals surface area contributed by atoms with Gasteiger partial charge in [-0.1, -0.05) is 30.3 Å². The lowest BCUT2D eigenvalue weighted by Gasteiger charge is -2.38. The summed E-state index contributed by atoms with van der Waals surface area (Å²) in [6.07, 6.45) is 6.04. The summed E-state index contributed by atoms with van der Waals surface area (Å²) in [7, 11) is 0. The van der Waals surface area contributed by atoms with Crippen molar-refractivity contribution in [2.45, 2.75) is 30.3 Å². The normalized spacial score (nSPS) is 17.4. The van der Waals surface area contributed by atoms with Crippen molar-refractivity contribution in [2.24, 2.45) is 0 Å². The highest BCUT2D eigenvalue weighted by atomic mass is 79.9. The van der Waals surface area contributed by atoms with Gasteiger partial charge in [0.1, 0.15) is 5.82 Å². The molecule has 2 aromatic carbocycles. The number of fused-ring (bicyclic) bond motifs is 1. The third-order valence-corrected chi connectivity index (χ3v) is 7.93. The maximum Gasteiger partial charge on any atom is 0.238 e. The number of rotatable bonds is 4. The van der Waals surface area contributed by atoms with E-state index in [0.29, 0.717) is 12.6 Å².